The predicted molar refractivity (Wildman–Crippen MR) is 100 cm³/mol. The third-order valence-electron chi connectivity index (χ3n) is 5.69. The van der Waals surface area contributed by atoms with Crippen LogP contribution in [0.4, 0.5) is 4.39 Å². The molecule has 0 spiro atoms. The van der Waals surface area contributed by atoms with E-state index in [0.717, 1.165) is 42.6 Å². The highest BCUT2D eigenvalue weighted by atomic mass is 19.1. The smallest absolute Gasteiger partial charge is 0.276 e. The average molecular weight is 385 g/mol. The molecule has 2 heterocycles. The Bertz CT molecular complexity index is 854. The van der Waals surface area contributed by atoms with Crippen molar-refractivity contribution in [3.63, 3.8) is 0 Å². The van der Waals surface area contributed by atoms with Gasteiger partial charge in [-0.05, 0) is 49.8 Å². The zero-order valence-corrected chi connectivity index (χ0v) is 15.7. The molecule has 1 aromatic carbocycles. The second-order valence-electron chi connectivity index (χ2n) is 7.55. The number of carbonyl (C=O) groups is 2. The molecule has 0 radical (unpaired) electrons. The van der Waals surface area contributed by atoms with E-state index in [4.69, 9.17) is 4.52 Å². The number of rotatable bonds is 4. The summed E-state index contributed by atoms with van der Waals surface area (Å²) in [5.41, 5.74) is 2.28. The first-order chi connectivity index (χ1) is 13.6. The van der Waals surface area contributed by atoms with Gasteiger partial charge < -0.3 is 14.7 Å². The molecular weight excluding hydrogens is 361 g/mol. The lowest BCUT2D eigenvalue weighted by Gasteiger charge is -2.31. The monoisotopic (exact) mass is 385 g/mol. The molecule has 7 heteroatoms. The van der Waals surface area contributed by atoms with E-state index >= 15 is 0 Å². The molecule has 2 aliphatic rings. The van der Waals surface area contributed by atoms with E-state index in [0.29, 0.717) is 38.2 Å². The Morgan fingerprint density at radius 3 is 2.61 bits per heavy atom. The van der Waals surface area contributed by atoms with Crippen molar-refractivity contribution < 1.29 is 18.5 Å². The lowest BCUT2D eigenvalue weighted by atomic mass is 9.94. The molecule has 1 aliphatic heterocycles. The van der Waals surface area contributed by atoms with Crippen molar-refractivity contribution in [1.29, 1.82) is 0 Å². The standard InChI is InChI=1S/C21H24FN3O3/c22-16-7-5-14(6-8-16)13-23-20(26)15-9-11-25(12-10-15)21(27)19-17-3-1-2-4-18(17)28-24-19/h5-8,15H,1-4,9-13H2,(H,23,26). The Kier molecular flexibility index (Phi) is 5.41. The van der Waals surface area contributed by atoms with Crippen LogP contribution in [0.2, 0.25) is 0 Å². The maximum absolute atomic E-state index is 12.9. The van der Waals surface area contributed by atoms with E-state index in [1.165, 1.54) is 12.1 Å². The number of aryl methyl sites for hydroxylation is 1. The summed E-state index contributed by atoms with van der Waals surface area (Å²) in [5, 5.41) is 6.93. The van der Waals surface area contributed by atoms with E-state index in [1.807, 2.05) is 0 Å². The number of likely N-dealkylation sites (tertiary alicyclic amines) is 1. The van der Waals surface area contributed by atoms with Crippen molar-refractivity contribution >= 4 is 11.8 Å². The number of hydrogen-bond donors (Lipinski definition) is 1. The van der Waals surface area contributed by atoms with Gasteiger partial charge in [-0.1, -0.05) is 17.3 Å². The maximum Gasteiger partial charge on any atom is 0.276 e. The number of fused-ring (bicyclic) bond motifs is 1. The molecular formula is C21H24FN3O3. The third-order valence-corrected chi connectivity index (χ3v) is 5.69. The molecule has 148 valence electrons. The number of carbonyl (C=O) groups excluding carboxylic acids is 2. The van der Waals surface area contributed by atoms with E-state index in [2.05, 4.69) is 10.5 Å². The third kappa shape index (κ3) is 3.93. The lowest BCUT2D eigenvalue weighted by molar-refractivity contribution is -0.126. The first kappa shape index (κ1) is 18.7. The maximum atomic E-state index is 12.9. The molecule has 1 N–H and O–H groups in total. The van der Waals surface area contributed by atoms with Crippen molar-refractivity contribution in [2.45, 2.75) is 45.1 Å². The fourth-order valence-electron chi connectivity index (χ4n) is 3.98. The van der Waals surface area contributed by atoms with Crippen LogP contribution in [-0.4, -0.2) is 35.0 Å². The summed E-state index contributed by atoms with van der Waals surface area (Å²) in [5.74, 6) is 0.341. The van der Waals surface area contributed by atoms with E-state index in [9.17, 15) is 14.0 Å². The van der Waals surface area contributed by atoms with Crippen LogP contribution < -0.4 is 5.32 Å². The highest BCUT2D eigenvalue weighted by molar-refractivity contribution is 5.94. The van der Waals surface area contributed by atoms with Gasteiger partial charge in [0, 0.05) is 37.5 Å². The van der Waals surface area contributed by atoms with Crippen molar-refractivity contribution in [3.8, 4) is 0 Å². The molecule has 0 atom stereocenters. The van der Waals surface area contributed by atoms with Crippen molar-refractivity contribution in [3.05, 3.63) is 52.7 Å². The second-order valence-corrected chi connectivity index (χ2v) is 7.55. The highest BCUT2D eigenvalue weighted by Gasteiger charge is 2.31. The van der Waals surface area contributed by atoms with Crippen LogP contribution >= 0.6 is 0 Å². The summed E-state index contributed by atoms with van der Waals surface area (Å²) in [7, 11) is 0. The molecule has 0 saturated carbocycles. The topological polar surface area (TPSA) is 75.4 Å². The Hall–Kier alpha value is -2.70. The van der Waals surface area contributed by atoms with Crippen molar-refractivity contribution in [2.75, 3.05) is 13.1 Å². The molecule has 4 rings (SSSR count). The zero-order valence-electron chi connectivity index (χ0n) is 15.7. The molecule has 1 saturated heterocycles. The molecule has 2 aromatic rings. The minimum absolute atomic E-state index is 0.0183. The van der Waals surface area contributed by atoms with E-state index in [1.54, 1.807) is 17.0 Å². The molecule has 2 amide bonds. The van der Waals surface area contributed by atoms with Gasteiger partial charge in [-0.15, -0.1) is 0 Å². The largest absolute Gasteiger partial charge is 0.360 e. The van der Waals surface area contributed by atoms with Gasteiger partial charge in [0.2, 0.25) is 5.91 Å². The summed E-state index contributed by atoms with van der Waals surface area (Å²) >= 11 is 0. The van der Waals surface area contributed by atoms with Gasteiger partial charge in [0.05, 0.1) is 0 Å². The van der Waals surface area contributed by atoms with Gasteiger partial charge in [-0.25, -0.2) is 4.39 Å². The molecule has 28 heavy (non-hydrogen) atoms. The Balaban J connectivity index is 1.29. The fourth-order valence-corrected chi connectivity index (χ4v) is 3.98. The first-order valence-corrected chi connectivity index (χ1v) is 9.90. The van der Waals surface area contributed by atoms with Gasteiger partial charge in [-0.3, -0.25) is 9.59 Å². The summed E-state index contributed by atoms with van der Waals surface area (Å²) in [6, 6.07) is 6.09. The van der Waals surface area contributed by atoms with Gasteiger partial charge in [-0.2, -0.15) is 0 Å². The second kappa shape index (κ2) is 8.12. The summed E-state index contributed by atoms with van der Waals surface area (Å²) < 4.78 is 18.3. The zero-order chi connectivity index (χ0) is 19.5. The highest BCUT2D eigenvalue weighted by Crippen LogP contribution is 2.26. The van der Waals surface area contributed by atoms with Crippen LogP contribution in [0.1, 0.15) is 53.1 Å². The summed E-state index contributed by atoms with van der Waals surface area (Å²) in [4.78, 5) is 27.0. The van der Waals surface area contributed by atoms with Crippen LogP contribution in [0.5, 0.6) is 0 Å². The number of halogens is 1. The van der Waals surface area contributed by atoms with Crippen LogP contribution in [0, 0.1) is 11.7 Å². The van der Waals surface area contributed by atoms with Gasteiger partial charge in [0.1, 0.15) is 11.6 Å². The summed E-state index contributed by atoms with van der Waals surface area (Å²) in [6.07, 6.45) is 5.09. The number of nitrogens with one attached hydrogen (secondary N) is 1. The molecule has 0 unspecified atom stereocenters. The van der Waals surface area contributed by atoms with E-state index in [-0.39, 0.29) is 23.5 Å². The Labute approximate surface area is 163 Å². The minimum atomic E-state index is -0.291. The summed E-state index contributed by atoms with van der Waals surface area (Å²) in [6.45, 7) is 1.45. The van der Waals surface area contributed by atoms with E-state index < -0.39 is 0 Å². The average Bonchev–Trinajstić information content (AvgIpc) is 3.17. The number of nitrogens with zero attached hydrogens (tertiary/aromatic N) is 2. The Morgan fingerprint density at radius 2 is 1.86 bits per heavy atom. The van der Waals surface area contributed by atoms with Crippen LogP contribution in [0.15, 0.2) is 28.8 Å². The molecule has 6 nitrogen and oxygen atoms in total. The molecule has 0 bridgehead atoms. The van der Waals surface area contributed by atoms with Gasteiger partial charge in [0.25, 0.3) is 5.91 Å². The molecule has 1 fully saturated rings. The fraction of sp³-hybridized carbons (Fsp3) is 0.476. The number of hydrogen-bond acceptors (Lipinski definition) is 4. The number of piperidine rings is 1. The van der Waals surface area contributed by atoms with Gasteiger partial charge >= 0.3 is 0 Å². The normalized spacial score (nSPS) is 17.2. The van der Waals surface area contributed by atoms with Crippen LogP contribution in [0.3, 0.4) is 0 Å². The Morgan fingerprint density at radius 1 is 1.14 bits per heavy atom. The van der Waals surface area contributed by atoms with Crippen molar-refractivity contribution in [1.82, 2.24) is 15.4 Å². The predicted octanol–water partition coefficient (Wildman–Crippen LogP) is 2.86. The van der Waals surface area contributed by atoms with Gasteiger partial charge in [0.15, 0.2) is 5.69 Å². The molecule has 1 aromatic heterocycles. The number of amides is 2. The van der Waals surface area contributed by atoms with Crippen molar-refractivity contribution in [2.24, 2.45) is 5.92 Å². The lowest BCUT2D eigenvalue weighted by Crippen LogP contribution is -2.43. The number of benzene rings is 1. The minimum Gasteiger partial charge on any atom is -0.360 e. The van der Waals surface area contributed by atoms with Crippen LogP contribution in [0.25, 0.3) is 0 Å². The quantitative estimate of drug-likeness (QED) is 0.878. The van der Waals surface area contributed by atoms with Crippen LogP contribution in [-0.2, 0) is 24.2 Å². The number of aromatic nitrogens is 1. The first-order valence-electron chi connectivity index (χ1n) is 9.90. The molecule has 1 aliphatic carbocycles. The SMILES string of the molecule is O=C(NCc1ccc(F)cc1)C1CCN(C(=O)c2noc3c2CCCC3)CC1.